The van der Waals surface area contributed by atoms with Crippen molar-refractivity contribution in [3.05, 3.63) is 64.7 Å². The largest absolute Gasteiger partial charge is 0.375 e. The Morgan fingerprint density at radius 1 is 1.12 bits per heavy atom. The van der Waals surface area contributed by atoms with Gasteiger partial charge in [0.15, 0.2) is 0 Å². The number of hydrogen-bond donors (Lipinski definition) is 1. The van der Waals surface area contributed by atoms with Gasteiger partial charge in [0.2, 0.25) is 0 Å². The molecule has 0 aromatic heterocycles. The average molecular weight is 320 g/mol. The molecule has 4 rings (SSSR count). The topological polar surface area (TPSA) is 54.3 Å². The Bertz CT molecular complexity index is 796. The number of fused-ring (bicyclic) bond motifs is 3. The molecular weight excluding hydrogens is 300 g/mol. The molecule has 4 heteroatoms. The second kappa shape index (κ2) is 6.27. The van der Waals surface area contributed by atoms with E-state index < -0.39 is 0 Å². The van der Waals surface area contributed by atoms with E-state index in [0.717, 1.165) is 16.8 Å². The van der Waals surface area contributed by atoms with E-state index in [1.54, 1.807) is 0 Å². The van der Waals surface area contributed by atoms with Gasteiger partial charge in [-0.3, -0.25) is 0 Å². The summed E-state index contributed by atoms with van der Waals surface area (Å²) in [5.41, 5.74) is 5.66. The van der Waals surface area contributed by atoms with Gasteiger partial charge in [0, 0.05) is 11.3 Å². The Morgan fingerprint density at radius 3 is 2.79 bits per heavy atom. The van der Waals surface area contributed by atoms with Crippen molar-refractivity contribution >= 4 is 5.69 Å². The van der Waals surface area contributed by atoms with Crippen molar-refractivity contribution in [3.63, 3.8) is 0 Å². The number of benzene rings is 2. The quantitative estimate of drug-likeness (QED) is 0.917. The highest BCUT2D eigenvalue weighted by Gasteiger charge is 2.41. The fourth-order valence-electron chi connectivity index (χ4n) is 3.70. The van der Waals surface area contributed by atoms with E-state index in [1.165, 1.54) is 11.1 Å². The monoisotopic (exact) mass is 320 g/mol. The summed E-state index contributed by atoms with van der Waals surface area (Å²) in [6.07, 6.45) is 0.246. The Kier molecular flexibility index (Phi) is 3.97. The molecule has 0 bridgehead atoms. The maximum Gasteiger partial charge on any atom is 0.113 e. The van der Waals surface area contributed by atoms with Crippen molar-refractivity contribution in [2.24, 2.45) is 0 Å². The normalized spacial score (nSPS) is 25.1. The van der Waals surface area contributed by atoms with Gasteiger partial charge >= 0.3 is 0 Å². The first-order chi connectivity index (χ1) is 11.8. The summed E-state index contributed by atoms with van der Waals surface area (Å²) in [5.74, 6) is 0. The van der Waals surface area contributed by atoms with E-state index in [1.807, 2.05) is 6.07 Å². The predicted octanol–water partition coefficient (Wildman–Crippen LogP) is 3.68. The van der Waals surface area contributed by atoms with Crippen LogP contribution in [0.3, 0.4) is 0 Å². The fourth-order valence-corrected chi connectivity index (χ4v) is 3.70. The summed E-state index contributed by atoms with van der Waals surface area (Å²) in [6.45, 7) is 3.34. The van der Waals surface area contributed by atoms with Gasteiger partial charge in [0.25, 0.3) is 0 Å². The van der Waals surface area contributed by atoms with E-state index >= 15 is 0 Å². The highest BCUT2D eigenvalue weighted by Crippen LogP contribution is 2.44. The molecule has 1 N–H and O–H groups in total. The lowest BCUT2D eigenvalue weighted by Gasteiger charge is -2.43. The zero-order valence-electron chi connectivity index (χ0n) is 13.7. The van der Waals surface area contributed by atoms with Crippen LogP contribution in [0.15, 0.2) is 42.5 Å². The third-order valence-electron chi connectivity index (χ3n) is 4.86. The van der Waals surface area contributed by atoms with Crippen LogP contribution in [0, 0.1) is 18.3 Å². The van der Waals surface area contributed by atoms with Crippen molar-refractivity contribution in [2.45, 2.75) is 31.6 Å². The first-order valence-corrected chi connectivity index (χ1v) is 8.33. The maximum atomic E-state index is 8.96. The number of ether oxygens (including phenoxy) is 2. The van der Waals surface area contributed by atoms with Crippen molar-refractivity contribution in [2.75, 3.05) is 18.5 Å². The van der Waals surface area contributed by atoms with E-state index in [2.05, 4.69) is 54.7 Å². The lowest BCUT2D eigenvalue weighted by Crippen LogP contribution is -2.43. The smallest absolute Gasteiger partial charge is 0.113 e. The van der Waals surface area contributed by atoms with Crippen molar-refractivity contribution in [3.8, 4) is 6.07 Å². The van der Waals surface area contributed by atoms with E-state index in [-0.39, 0.29) is 18.2 Å². The number of nitrogens with zero attached hydrogens (tertiary/aromatic N) is 1. The Morgan fingerprint density at radius 2 is 1.96 bits per heavy atom. The summed E-state index contributed by atoms with van der Waals surface area (Å²) in [5, 5.41) is 12.6. The predicted molar refractivity (Wildman–Crippen MR) is 91.7 cm³/mol. The van der Waals surface area contributed by atoms with Gasteiger partial charge in [-0.2, -0.15) is 5.26 Å². The minimum atomic E-state index is -0.0988. The molecule has 1 fully saturated rings. The van der Waals surface area contributed by atoms with Gasteiger partial charge in [-0.1, -0.05) is 30.3 Å². The molecule has 0 aliphatic carbocycles. The number of rotatable bonds is 2. The van der Waals surface area contributed by atoms with Gasteiger partial charge in [0.05, 0.1) is 31.7 Å². The van der Waals surface area contributed by atoms with Gasteiger partial charge in [-0.25, -0.2) is 0 Å². The molecular formula is C20H20N2O2. The van der Waals surface area contributed by atoms with E-state index in [0.29, 0.717) is 19.6 Å². The molecule has 2 aromatic rings. The molecule has 0 amide bonds. The lowest BCUT2D eigenvalue weighted by molar-refractivity contribution is -0.151. The summed E-state index contributed by atoms with van der Waals surface area (Å²) in [6, 6.07) is 16.8. The standard InChI is InChI=1S/C20H20N2O2/c1-13-4-2-3-5-15(13)18-20-19(23-10-11-24-20)16-12-14(8-9-21)6-7-17(16)22-18/h2-7,12,18-20,22H,8,10-11H2,1H3. The molecule has 2 heterocycles. The first-order valence-electron chi connectivity index (χ1n) is 8.33. The highest BCUT2D eigenvalue weighted by molar-refractivity contribution is 5.59. The molecule has 2 aliphatic heterocycles. The van der Waals surface area contributed by atoms with Gasteiger partial charge in [0.1, 0.15) is 12.2 Å². The number of nitriles is 1. The number of hydrogen-bond acceptors (Lipinski definition) is 4. The van der Waals surface area contributed by atoms with Crippen LogP contribution in [0.1, 0.15) is 34.4 Å². The first kappa shape index (κ1) is 15.2. The molecule has 3 unspecified atom stereocenters. The minimum Gasteiger partial charge on any atom is -0.375 e. The number of nitrogens with one attached hydrogen (secondary N) is 1. The molecule has 3 atom stereocenters. The van der Waals surface area contributed by atoms with Crippen LogP contribution in [-0.4, -0.2) is 19.3 Å². The average Bonchev–Trinajstić information content (AvgIpc) is 2.62. The van der Waals surface area contributed by atoms with Crippen LogP contribution < -0.4 is 5.32 Å². The Labute approximate surface area is 142 Å². The van der Waals surface area contributed by atoms with E-state index in [9.17, 15) is 0 Å². The zero-order valence-corrected chi connectivity index (χ0v) is 13.7. The van der Waals surface area contributed by atoms with Crippen LogP contribution in [-0.2, 0) is 15.9 Å². The van der Waals surface area contributed by atoms with Crippen LogP contribution in [0.4, 0.5) is 5.69 Å². The Balaban J connectivity index is 1.77. The second-order valence-electron chi connectivity index (χ2n) is 6.36. The molecule has 0 spiro atoms. The molecule has 2 aromatic carbocycles. The second-order valence-corrected chi connectivity index (χ2v) is 6.36. The summed E-state index contributed by atoms with van der Waals surface area (Å²) < 4.78 is 12.2. The molecule has 1 saturated heterocycles. The third-order valence-corrected chi connectivity index (χ3v) is 4.86. The van der Waals surface area contributed by atoms with Crippen molar-refractivity contribution in [1.29, 1.82) is 5.26 Å². The van der Waals surface area contributed by atoms with Gasteiger partial charge in [-0.05, 0) is 35.7 Å². The molecule has 24 heavy (non-hydrogen) atoms. The van der Waals surface area contributed by atoms with Crippen LogP contribution in [0.2, 0.25) is 0 Å². The van der Waals surface area contributed by atoms with Gasteiger partial charge in [-0.15, -0.1) is 0 Å². The molecule has 0 saturated carbocycles. The summed E-state index contributed by atoms with van der Waals surface area (Å²) >= 11 is 0. The minimum absolute atomic E-state index is 0.0609. The summed E-state index contributed by atoms with van der Waals surface area (Å²) in [4.78, 5) is 0. The Hall–Kier alpha value is -2.35. The molecule has 122 valence electrons. The molecule has 2 aliphatic rings. The van der Waals surface area contributed by atoms with Crippen molar-refractivity contribution in [1.82, 2.24) is 0 Å². The molecule has 0 radical (unpaired) electrons. The van der Waals surface area contributed by atoms with Gasteiger partial charge < -0.3 is 14.8 Å². The van der Waals surface area contributed by atoms with E-state index in [4.69, 9.17) is 14.7 Å². The third kappa shape index (κ3) is 2.56. The highest BCUT2D eigenvalue weighted by atomic mass is 16.6. The number of aryl methyl sites for hydroxylation is 1. The zero-order chi connectivity index (χ0) is 16.5. The number of anilines is 1. The van der Waals surface area contributed by atoms with Crippen molar-refractivity contribution < 1.29 is 9.47 Å². The van der Waals surface area contributed by atoms with Crippen LogP contribution in [0.5, 0.6) is 0 Å². The molecule has 4 nitrogen and oxygen atoms in total. The SMILES string of the molecule is Cc1ccccc1C1Nc2ccc(CC#N)cc2C2OCCOC12. The van der Waals surface area contributed by atoms with Crippen LogP contribution in [0.25, 0.3) is 0 Å². The lowest BCUT2D eigenvalue weighted by atomic mass is 9.85. The maximum absolute atomic E-state index is 8.96. The summed E-state index contributed by atoms with van der Waals surface area (Å²) in [7, 11) is 0. The fraction of sp³-hybridized carbons (Fsp3) is 0.350. The van der Waals surface area contributed by atoms with Crippen LogP contribution >= 0.6 is 0 Å².